The molecule has 0 aliphatic carbocycles. The lowest BCUT2D eigenvalue weighted by Gasteiger charge is -2.16. The van der Waals surface area contributed by atoms with E-state index in [9.17, 15) is 9.90 Å². The number of carbonyl (C=O) groups is 1. The van der Waals surface area contributed by atoms with Crippen LogP contribution < -0.4 is 0 Å². The van der Waals surface area contributed by atoms with Gasteiger partial charge in [-0.3, -0.25) is 14.5 Å². The number of nitrogens with one attached hydrogen (secondary N) is 1. The Hall–Kier alpha value is -3.52. The van der Waals surface area contributed by atoms with Crippen molar-refractivity contribution in [1.29, 1.82) is 0 Å². The zero-order valence-corrected chi connectivity index (χ0v) is 16.6. The first-order chi connectivity index (χ1) is 14.6. The fourth-order valence-electron chi connectivity index (χ4n) is 4.05. The number of β-amino-alcohol motifs (C(OH)–C–C–N with tert-alkyl or cyclic N) is 1. The van der Waals surface area contributed by atoms with Crippen LogP contribution in [0.5, 0.6) is 0 Å². The second-order valence-corrected chi connectivity index (χ2v) is 7.80. The minimum Gasteiger partial charge on any atom is -0.391 e. The van der Waals surface area contributed by atoms with Crippen LogP contribution in [0.1, 0.15) is 21.7 Å². The van der Waals surface area contributed by atoms with E-state index in [1.807, 2.05) is 47.9 Å². The van der Waals surface area contributed by atoms with Crippen LogP contribution >= 0.6 is 0 Å². The van der Waals surface area contributed by atoms with Gasteiger partial charge in [0.1, 0.15) is 11.8 Å². The highest BCUT2D eigenvalue weighted by atomic mass is 16.3. The summed E-state index contributed by atoms with van der Waals surface area (Å²) >= 11 is 0. The molecule has 0 saturated carbocycles. The molecule has 152 valence electrons. The zero-order valence-electron chi connectivity index (χ0n) is 16.6. The molecule has 4 heterocycles. The van der Waals surface area contributed by atoms with E-state index in [4.69, 9.17) is 0 Å². The van der Waals surface area contributed by atoms with Gasteiger partial charge in [-0.05, 0) is 37.6 Å². The SMILES string of the molecule is Cc1cc(C[C@@H]2CN(C(=O)c3cnc4c(c3)ncn4-c3ccccc3)C[C@@H]2O)n[nH]1. The molecule has 1 saturated heterocycles. The number of amides is 1. The molecule has 3 aromatic heterocycles. The number of fused-ring (bicyclic) bond motifs is 1. The van der Waals surface area contributed by atoms with Crippen molar-refractivity contribution < 1.29 is 9.90 Å². The highest BCUT2D eigenvalue weighted by molar-refractivity contribution is 5.96. The van der Waals surface area contributed by atoms with Gasteiger partial charge in [-0.2, -0.15) is 5.10 Å². The number of aromatic amines is 1. The highest BCUT2D eigenvalue weighted by Crippen LogP contribution is 2.24. The number of hydrogen-bond donors (Lipinski definition) is 2. The Labute approximate surface area is 173 Å². The third kappa shape index (κ3) is 3.35. The van der Waals surface area contributed by atoms with E-state index < -0.39 is 6.10 Å². The summed E-state index contributed by atoms with van der Waals surface area (Å²) in [5, 5.41) is 17.6. The molecule has 4 aromatic rings. The topological polar surface area (TPSA) is 99.9 Å². The van der Waals surface area contributed by atoms with Crippen LogP contribution in [0.4, 0.5) is 0 Å². The fraction of sp³-hybridized carbons (Fsp3) is 0.273. The van der Waals surface area contributed by atoms with Gasteiger partial charge in [-0.1, -0.05) is 18.2 Å². The minimum absolute atomic E-state index is 0.0365. The van der Waals surface area contributed by atoms with Crippen molar-refractivity contribution in [2.45, 2.75) is 19.4 Å². The molecule has 1 aliphatic rings. The van der Waals surface area contributed by atoms with Crippen LogP contribution in [0.3, 0.4) is 0 Å². The van der Waals surface area contributed by atoms with Gasteiger partial charge in [0.05, 0.1) is 17.4 Å². The van der Waals surface area contributed by atoms with Crippen molar-refractivity contribution in [3.63, 3.8) is 0 Å². The largest absolute Gasteiger partial charge is 0.391 e. The number of para-hydroxylation sites is 1. The van der Waals surface area contributed by atoms with Crippen molar-refractivity contribution in [2.24, 2.45) is 5.92 Å². The van der Waals surface area contributed by atoms with E-state index in [1.165, 1.54) is 0 Å². The van der Waals surface area contributed by atoms with Crippen LogP contribution in [-0.2, 0) is 6.42 Å². The first-order valence-electron chi connectivity index (χ1n) is 9.95. The highest BCUT2D eigenvalue weighted by Gasteiger charge is 2.35. The number of benzene rings is 1. The van der Waals surface area contributed by atoms with Crippen LogP contribution in [-0.4, -0.2) is 59.8 Å². The van der Waals surface area contributed by atoms with E-state index in [0.29, 0.717) is 36.2 Å². The van der Waals surface area contributed by atoms with Crippen molar-refractivity contribution in [1.82, 2.24) is 29.6 Å². The number of pyridine rings is 1. The number of aliphatic hydroxyl groups excluding tert-OH is 1. The molecule has 2 atom stereocenters. The van der Waals surface area contributed by atoms with E-state index in [1.54, 1.807) is 23.5 Å². The Bertz CT molecular complexity index is 1200. The summed E-state index contributed by atoms with van der Waals surface area (Å²) < 4.78 is 1.89. The zero-order chi connectivity index (χ0) is 20.7. The molecule has 0 unspecified atom stereocenters. The average molecular weight is 402 g/mol. The lowest BCUT2D eigenvalue weighted by atomic mass is 10.0. The van der Waals surface area contributed by atoms with Gasteiger partial charge in [-0.25, -0.2) is 9.97 Å². The first-order valence-corrected chi connectivity index (χ1v) is 9.95. The molecule has 30 heavy (non-hydrogen) atoms. The molecule has 0 spiro atoms. The van der Waals surface area contributed by atoms with Crippen LogP contribution in [0.2, 0.25) is 0 Å². The van der Waals surface area contributed by atoms with Crippen molar-refractivity contribution in [3.8, 4) is 5.69 Å². The number of imidazole rings is 1. The standard InChI is InChI=1S/C22H22N6O2/c1-14-7-17(26-25-14)8-16-11-27(12-20(16)29)22(30)15-9-19-21(23-10-15)28(13-24-19)18-5-3-2-4-6-18/h2-7,9-10,13,16,20,29H,8,11-12H2,1H3,(H,25,26)/t16-,20+/m1/s1. The molecule has 1 aliphatic heterocycles. The van der Waals surface area contributed by atoms with Gasteiger partial charge in [0.25, 0.3) is 5.91 Å². The molecule has 1 aromatic carbocycles. The molecule has 1 fully saturated rings. The predicted octanol–water partition coefficient (Wildman–Crippen LogP) is 2.13. The van der Waals surface area contributed by atoms with E-state index in [-0.39, 0.29) is 11.8 Å². The van der Waals surface area contributed by atoms with Gasteiger partial charge >= 0.3 is 0 Å². The third-order valence-electron chi connectivity index (χ3n) is 5.59. The summed E-state index contributed by atoms with van der Waals surface area (Å²) in [5.41, 5.74) is 4.69. The molecule has 8 nitrogen and oxygen atoms in total. The van der Waals surface area contributed by atoms with Gasteiger partial charge in [-0.15, -0.1) is 0 Å². The summed E-state index contributed by atoms with van der Waals surface area (Å²) in [6.45, 7) is 2.74. The van der Waals surface area contributed by atoms with Crippen LogP contribution in [0, 0.1) is 12.8 Å². The summed E-state index contributed by atoms with van der Waals surface area (Å²) in [7, 11) is 0. The molecular weight excluding hydrogens is 380 g/mol. The number of nitrogens with zero attached hydrogens (tertiary/aromatic N) is 5. The molecule has 1 amide bonds. The second kappa shape index (κ2) is 7.38. The van der Waals surface area contributed by atoms with Gasteiger partial charge < -0.3 is 10.0 Å². The molecule has 8 heteroatoms. The summed E-state index contributed by atoms with van der Waals surface area (Å²) in [6, 6.07) is 13.6. The Kier molecular flexibility index (Phi) is 4.55. The van der Waals surface area contributed by atoms with Gasteiger partial charge in [0.2, 0.25) is 0 Å². The number of rotatable bonds is 4. The van der Waals surface area contributed by atoms with E-state index >= 15 is 0 Å². The molecule has 2 N–H and O–H groups in total. The number of aryl methyl sites for hydroxylation is 1. The second-order valence-electron chi connectivity index (χ2n) is 7.80. The fourth-order valence-corrected chi connectivity index (χ4v) is 4.05. The van der Waals surface area contributed by atoms with Crippen LogP contribution in [0.25, 0.3) is 16.9 Å². The molecule has 0 bridgehead atoms. The number of hydrogen-bond acceptors (Lipinski definition) is 5. The maximum Gasteiger partial charge on any atom is 0.255 e. The molecule has 0 radical (unpaired) electrons. The number of H-pyrrole nitrogens is 1. The van der Waals surface area contributed by atoms with Crippen molar-refractivity contribution >= 4 is 17.1 Å². The third-order valence-corrected chi connectivity index (χ3v) is 5.59. The number of carbonyl (C=O) groups excluding carboxylic acids is 1. The lowest BCUT2D eigenvalue weighted by Crippen LogP contribution is -2.29. The van der Waals surface area contributed by atoms with E-state index in [2.05, 4.69) is 20.2 Å². The summed E-state index contributed by atoms with van der Waals surface area (Å²) in [5.74, 6) is -0.177. The Morgan fingerprint density at radius 2 is 2.03 bits per heavy atom. The Morgan fingerprint density at radius 1 is 1.20 bits per heavy atom. The Morgan fingerprint density at radius 3 is 2.80 bits per heavy atom. The predicted molar refractivity (Wildman–Crippen MR) is 111 cm³/mol. The quantitative estimate of drug-likeness (QED) is 0.545. The Balaban J connectivity index is 1.35. The normalized spacial score (nSPS) is 18.9. The number of aromatic nitrogens is 5. The van der Waals surface area contributed by atoms with Crippen LogP contribution in [0.15, 0.2) is 55.0 Å². The monoisotopic (exact) mass is 402 g/mol. The lowest BCUT2D eigenvalue weighted by molar-refractivity contribution is 0.0764. The average Bonchev–Trinajstić information content (AvgIpc) is 3.47. The number of aliphatic hydroxyl groups is 1. The number of likely N-dealkylation sites (tertiary alicyclic amines) is 1. The maximum absolute atomic E-state index is 13.0. The summed E-state index contributed by atoms with van der Waals surface area (Å²) in [4.78, 5) is 23.6. The maximum atomic E-state index is 13.0. The van der Waals surface area contributed by atoms with Gasteiger partial charge in [0.15, 0.2) is 5.65 Å². The van der Waals surface area contributed by atoms with E-state index in [0.717, 1.165) is 17.1 Å². The van der Waals surface area contributed by atoms with Gasteiger partial charge in [0, 0.05) is 36.6 Å². The smallest absolute Gasteiger partial charge is 0.255 e. The van der Waals surface area contributed by atoms with Crippen molar-refractivity contribution in [2.75, 3.05) is 13.1 Å². The molecular formula is C22H22N6O2. The van der Waals surface area contributed by atoms with Crippen molar-refractivity contribution in [3.05, 3.63) is 71.9 Å². The molecule has 5 rings (SSSR count). The minimum atomic E-state index is -0.570. The summed E-state index contributed by atoms with van der Waals surface area (Å²) in [6.07, 6.45) is 3.36. The first kappa shape index (κ1) is 18.5.